The van der Waals surface area contributed by atoms with Crippen LogP contribution in [-0.2, 0) is 13.0 Å². The van der Waals surface area contributed by atoms with Crippen molar-refractivity contribution >= 4 is 16.6 Å². The normalized spacial score (nSPS) is 11.5. The number of hydrogen-bond acceptors (Lipinski definition) is 4. The first kappa shape index (κ1) is 16.5. The summed E-state index contributed by atoms with van der Waals surface area (Å²) >= 11 is 0. The molecule has 6 nitrogen and oxygen atoms in total. The zero-order chi connectivity index (χ0) is 18.1. The molecule has 0 fully saturated rings. The van der Waals surface area contributed by atoms with E-state index in [9.17, 15) is 4.79 Å². The van der Waals surface area contributed by atoms with Gasteiger partial charge in [0.1, 0.15) is 0 Å². The van der Waals surface area contributed by atoms with Crippen LogP contribution in [-0.4, -0.2) is 30.9 Å². The molecule has 3 aromatic heterocycles. The van der Waals surface area contributed by atoms with Crippen molar-refractivity contribution in [2.45, 2.75) is 26.3 Å². The molecule has 1 aromatic carbocycles. The number of fused-ring (bicyclic) bond motifs is 3. The van der Waals surface area contributed by atoms with Crippen molar-refractivity contribution in [3.05, 3.63) is 64.8 Å². The molecule has 1 N–H and O–H groups in total. The quantitative estimate of drug-likeness (QED) is 0.602. The van der Waals surface area contributed by atoms with Crippen molar-refractivity contribution in [1.29, 1.82) is 0 Å². The summed E-state index contributed by atoms with van der Waals surface area (Å²) in [6.07, 6.45) is 4.72. The number of pyridine rings is 1. The summed E-state index contributed by atoms with van der Waals surface area (Å²) < 4.78 is 3.38. The zero-order valence-corrected chi connectivity index (χ0v) is 14.6. The highest BCUT2D eigenvalue weighted by Gasteiger charge is 2.17. The van der Waals surface area contributed by atoms with E-state index in [2.05, 4.69) is 24.0 Å². The van der Waals surface area contributed by atoms with Crippen LogP contribution < -0.4 is 5.56 Å². The molecule has 0 bridgehead atoms. The summed E-state index contributed by atoms with van der Waals surface area (Å²) in [7, 11) is 0. The molecule has 0 atom stereocenters. The van der Waals surface area contributed by atoms with Crippen LogP contribution in [0.4, 0.5) is 0 Å². The Bertz CT molecular complexity index is 1130. The number of benzene rings is 1. The Morgan fingerprint density at radius 3 is 2.69 bits per heavy atom. The van der Waals surface area contributed by atoms with Crippen LogP contribution in [0.1, 0.15) is 19.0 Å². The lowest BCUT2D eigenvalue weighted by Crippen LogP contribution is -2.21. The van der Waals surface area contributed by atoms with Gasteiger partial charge in [0.2, 0.25) is 0 Å². The largest absolute Gasteiger partial charge is 0.396 e. The third-order valence-corrected chi connectivity index (χ3v) is 4.61. The fourth-order valence-electron chi connectivity index (χ4n) is 3.32. The van der Waals surface area contributed by atoms with Crippen molar-refractivity contribution in [3.8, 4) is 11.1 Å². The third-order valence-electron chi connectivity index (χ3n) is 4.61. The van der Waals surface area contributed by atoms with Gasteiger partial charge in [-0.15, -0.1) is 0 Å². The SMILES string of the molecule is CCc1nn2c(ncc3c(=O)n(CCCO)ccc32)c1-c1ccccc1. The molecule has 0 aliphatic heterocycles. The minimum Gasteiger partial charge on any atom is -0.396 e. The molecule has 0 radical (unpaired) electrons. The zero-order valence-electron chi connectivity index (χ0n) is 14.6. The van der Waals surface area contributed by atoms with Gasteiger partial charge in [0.25, 0.3) is 5.56 Å². The minimum atomic E-state index is -0.111. The standard InChI is InChI=1S/C20H20N4O2/c1-2-16-18(14-7-4-3-5-8-14)19-21-13-15-17(24(19)22-16)9-11-23(20(15)26)10-6-12-25/h3-5,7-9,11,13,25H,2,6,10,12H2,1H3. The number of aliphatic hydroxyl groups excluding tert-OH is 1. The maximum absolute atomic E-state index is 12.7. The lowest BCUT2D eigenvalue weighted by Gasteiger charge is -2.07. The topological polar surface area (TPSA) is 72.4 Å². The monoisotopic (exact) mass is 348 g/mol. The van der Waals surface area contributed by atoms with Crippen molar-refractivity contribution in [2.24, 2.45) is 0 Å². The summed E-state index contributed by atoms with van der Waals surface area (Å²) in [6.45, 7) is 2.61. The molecule has 4 rings (SSSR count). The molecule has 26 heavy (non-hydrogen) atoms. The average molecular weight is 348 g/mol. The second-order valence-corrected chi connectivity index (χ2v) is 6.23. The van der Waals surface area contributed by atoms with Gasteiger partial charge in [0.15, 0.2) is 5.65 Å². The number of hydrogen-bond donors (Lipinski definition) is 1. The van der Waals surface area contributed by atoms with Gasteiger partial charge in [0, 0.05) is 31.1 Å². The second kappa shape index (κ2) is 6.72. The number of aliphatic hydroxyl groups is 1. The molecule has 0 saturated heterocycles. The van der Waals surface area contributed by atoms with Crippen LogP contribution in [0.15, 0.2) is 53.6 Å². The fourth-order valence-corrected chi connectivity index (χ4v) is 3.32. The molecule has 0 aliphatic rings. The highest BCUT2D eigenvalue weighted by Crippen LogP contribution is 2.29. The Morgan fingerprint density at radius 1 is 1.15 bits per heavy atom. The first-order valence-electron chi connectivity index (χ1n) is 8.80. The Balaban J connectivity index is 1.98. The van der Waals surface area contributed by atoms with Gasteiger partial charge >= 0.3 is 0 Å². The molecule has 3 heterocycles. The van der Waals surface area contributed by atoms with E-state index < -0.39 is 0 Å². The first-order chi connectivity index (χ1) is 12.7. The number of aromatic nitrogens is 4. The maximum atomic E-state index is 12.7. The highest BCUT2D eigenvalue weighted by atomic mass is 16.3. The molecule has 0 amide bonds. The second-order valence-electron chi connectivity index (χ2n) is 6.23. The van der Waals surface area contributed by atoms with E-state index in [0.717, 1.165) is 34.4 Å². The van der Waals surface area contributed by atoms with Crippen LogP contribution in [0.3, 0.4) is 0 Å². The minimum absolute atomic E-state index is 0.0568. The van der Waals surface area contributed by atoms with Crippen LogP contribution in [0.2, 0.25) is 0 Å². The van der Waals surface area contributed by atoms with E-state index in [1.54, 1.807) is 21.5 Å². The highest BCUT2D eigenvalue weighted by molar-refractivity contribution is 5.86. The number of rotatable bonds is 5. The molecule has 0 saturated carbocycles. The van der Waals surface area contributed by atoms with Crippen molar-refractivity contribution < 1.29 is 5.11 Å². The molecule has 0 aliphatic carbocycles. The predicted octanol–water partition coefficient (Wildman–Crippen LogP) is 2.66. The van der Waals surface area contributed by atoms with E-state index in [1.165, 1.54) is 0 Å². The van der Waals surface area contributed by atoms with Crippen LogP contribution in [0.25, 0.3) is 27.7 Å². The Kier molecular flexibility index (Phi) is 4.26. The van der Waals surface area contributed by atoms with Gasteiger partial charge in [-0.25, -0.2) is 9.50 Å². The van der Waals surface area contributed by atoms with E-state index in [0.29, 0.717) is 18.4 Å². The summed E-state index contributed by atoms with van der Waals surface area (Å²) in [5, 5.41) is 14.3. The molecular weight excluding hydrogens is 328 g/mol. The molecule has 4 aromatic rings. The van der Waals surface area contributed by atoms with Gasteiger partial charge in [0.05, 0.1) is 16.6 Å². The summed E-state index contributed by atoms with van der Waals surface area (Å²) in [4.78, 5) is 17.3. The summed E-state index contributed by atoms with van der Waals surface area (Å²) in [6, 6.07) is 12.0. The van der Waals surface area contributed by atoms with E-state index in [4.69, 9.17) is 10.2 Å². The van der Waals surface area contributed by atoms with Crippen LogP contribution >= 0.6 is 0 Å². The lowest BCUT2D eigenvalue weighted by molar-refractivity contribution is 0.279. The Hall–Kier alpha value is -2.99. The van der Waals surface area contributed by atoms with E-state index in [-0.39, 0.29) is 12.2 Å². The summed E-state index contributed by atoms with van der Waals surface area (Å²) in [5.41, 5.74) is 4.44. The number of aryl methyl sites for hydroxylation is 2. The van der Waals surface area contributed by atoms with Gasteiger partial charge < -0.3 is 9.67 Å². The number of nitrogens with zero attached hydrogens (tertiary/aromatic N) is 4. The Morgan fingerprint density at radius 2 is 1.96 bits per heavy atom. The van der Waals surface area contributed by atoms with E-state index >= 15 is 0 Å². The first-order valence-corrected chi connectivity index (χ1v) is 8.80. The van der Waals surface area contributed by atoms with E-state index in [1.807, 2.05) is 24.3 Å². The average Bonchev–Trinajstić information content (AvgIpc) is 3.07. The van der Waals surface area contributed by atoms with Gasteiger partial charge in [-0.1, -0.05) is 37.3 Å². The molecule has 0 spiro atoms. The molecule has 0 unspecified atom stereocenters. The van der Waals surface area contributed by atoms with Crippen LogP contribution in [0, 0.1) is 0 Å². The predicted molar refractivity (Wildman–Crippen MR) is 101 cm³/mol. The van der Waals surface area contributed by atoms with Gasteiger partial charge in [-0.2, -0.15) is 5.10 Å². The fraction of sp³-hybridized carbons (Fsp3) is 0.250. The van der Waals surface area contributed by atoms with Gasteiger partial charge in [-0.3, -0.25) is 4.79 Å². The van der Waals surface area contributed by atoms with Crippen molar-refractivity contribution in [2.75, 3.05) is 6.61 Å². The maximum Gasteiger partial charge on any atom is 0.261 e. The lowest BCUT2D eigenvalue weighted by atomic mass is 10.0. The third kappa shape index (κ3) is 2.59. The Labute approximate surface area is 150 Å². The smallest absolute Gasteiger partial charge is 0.261 e. The molecular formula is C20H20N4O2. The molecule has 132 valence electrons. The summed E-state index contributed by atoms with van der Waals surface area (Å²) in [5.74, 6) is 0. The van der Waals surface area contributed by atoms with Gasteiger partial charge in [-0.05, 0) is 24.5 Å². The van der Waals surface area contributed by atoms with Crippen molar-refractivity contribution in [1.82, 2.24) is 19.2 Å². The molecule has 6 heteroatoms. The van der Waals surface area contributed by atoms with Crippen molar-refractivity contribution in [3.63, 3.8) is 0 Å². The van der Waals surface area contributed by atoms with Crippen LogP contribution in [0.5, 0.6) is 0 Å².